The number of ketones is 1. The first-order chi connectivity index (χ1) is 12.8. The van der Waals surface area contributed by atoms with E-state index in [1.54, 1.807) is 24.3 Å². The lowest BCUT2D eigenvalue weighted by Gasteiger charge is -2.10. The van der Waals surface area contributed by atoms with Crippen LogP contribution in [-0.4, -0.2) is 24.2 Å². The van der Waals surface area contributed by atoms with Gasteiger partial charge in [0.15, 0.2) is 12.4 Å². The van der Waals surface area contributed by atoms with Crippen LogP contribution < -0.4 is 15.6 Å². The van der Waals surface area contributed by atoms with Crippen LogP contribution in [0.15, 0.2) is 46.9 Å². The van der Waals surface area contributed by atoms with E-state index >= 15 is 0 Å². The molecule has 0 radical (unpaired) electrons. The number of hydrazine groups is 1. The van der Waals surface area contributed by atoms with Gasteiger partial charge in [-0.15, -0.1) is 0 Å². The summed E-state index contributed by atoms with van der Waals surface area (Å²) in [6.07, 6.45) is 0.0372. The molecular weight excluding hydrogens is 412 g/mol. The fourth-order valence-corrected chi connectivity index (χ4v) is 2.67. The van der Waals surface area contributed by atoms with Crippen molar-refractivity contribution in [3.63, 3.8) is 0 Å². The number of carbonyl (C=O) groups is 3. The molecule has 0 aliphatic rings. The molecule has 0 unspecified atom stereocenters. The normalized spacial score (nSPS) is 10.2. The van der Waals surface area contributed by atoms with E-state index in [9.17, 15) is 14.4 Å². The van der Waals surface area contributed by atoms with Crippen molar-refractivity contribution in [1.29, 1.82) is 0 Å². The zero-order valence-corrected chi connectivity index (χ0v) is 16.8. The molecule has 0 spiro atoms. The predicted octanol–water partition coefficient (Wildman–Crippen LogP) is 3.26. The largest absolute Gasteiger partial charge is 0.484 e. The number of halogens is 1. The molecule has 2 aromatic carbocycles. The number of amides is 2. The maximum Gasteiger partial charge on any atom is 0.276 e. The summed E-state index contributed by atoms with van der Waals surface area (Å²) >= 11 is 3.30. The summed E-state index contributed by atoms with van der Waals surface area (Å²) in [5, 5.41) is 0. The van der Waals surface area contributed by atoms with Crippen molar-refractivity contribution in [2.45, 2.75) is 26.7 Å². The first-order valence-electron chi connectivity index (χ1n) is 8.41. The average molecular weight is 433 g/mol. The fourth-order valence-electron chi connectivity index (χ4n) is 2.41. The second-order valence-corrected chi connectivity index (χ2v) is 7.05. The SMILES string of the molecule is Cc1cc(C)cc(OCC(=O)NNC(=O)CCC(=O)c2ccc(Br)cc2)c1. The molecule has 142 valence electrons. The monoisotopic (exact) mass is 432 g/mol. The summed E-state index contributed by atoms with van der Waals surface area (Å²) in [5.74, 6) is -0.474. The summed E-state index contributed by atoms with van der Waals surface area (Å²) in [6, 6.07) is 12.6. The summed E-state index contributed by atoms with van der Waals surface area (Å²) in [4.78, 5) is 35.5. The van der Waals surface area contributed by atoms with Crippen molar-refractivity contribution in [2.75, 3.05) is 6.61 Å². The van der Waals surface area contributed by atoms with Crippen molar-refractivity contribution < 1.29 is 19.1 Å². The van der Waals surface area contributed by atoms with Gasteiger partial charge in [-0.1, -0.05) is 34.1 Å². The first-order valence-corrected chi connectivity index (χ1v) is 9.20. The molecule has 0 aliphatic carbocycles. The van der Waals surface area contributed by atoms with E-state index in [1.165, 1.54) is 0 Å². The maximum atomic E-state index is 12.0. The molecule has 2 amide bonds. The van der Waals surface area contributed by atoms with E-state index in [-0.39, 0.29) is 25.2 Å². The molecule has 0 fully saturated rings. The third-order valence-electron chi connectivity index (χ3n) is 3.65. The van der Waals surface area contributed by atoms with Crippen LogP contribution in [0.5, 0.6) is 5.75 Å². The third kappa shape index (κ3) is 7.22. The second-order valence-electron chi connectivity index (χ2n) is 6.14. The minimum absolute atomic E-state index is 0.0207. The lowest BCUT2D eigenvalue weighted by atomic mass is 10.1. The standard InChI is InChI=1S/C20H21BrN2O4/c1-13-9-14(2)11-17(10-13)27-12-20(26)23-22-19(25)8-7-18(24)15-3-5-16(21)6-4-15/h3-6,9-11H,7-8,12H2,1-2H3,(H,22,25)(H,23,26). The van der Waals surface area contributed by atoms with Gasteiger partial charge in [0.05, 0.1) is 0 Å². The Hall–Kier alpha value is -2.67. The lowest BCUT2D eigenvalue weighted by molar-refractivity contribution is -0.130. The Balaban J connectivity index is 1.69. The topological polar surface area (TPSA) is 84.5 Å². The van der Waals surface area contributed by atoms with Crippen molar-refractivity contribution in [3.8, 4) is 5.75 Å². The summed E-state index contributed by atoms with van der Waals surface area (Å²) in [7, 11) is 0. The van der Waals surface area contributed by atoms with Gasteiger partial charge in [-0.2, -0.15) is 0 Å². The minimum Gasteiger partial charge on any atom is -0.484 e. The number of benzene rings is 2. The van der Waals surface area contributed by atoms with Crippen LogP contribution >= 0.6 is 15.9 Å². The Morgan fingerprint density at radius 2 is 1.48 bits per heavy atom. The van der Waals surface area contributed by atoms with Crippen LogP contribution in [0.4, 0.5) is 0 Å². The van der Waals surface area contributed by atoms with Gasteiger partial charge in [0.25, 0.3) is 5.91 Å². The van der Waals surface area contributed by atoms with Gasteiger partial charge >= 0.3 is 0 Å². The van der Waals surface area contributed by atoms with Crippen molar-refractivity contribution in [3.05, 3.63) is 63.6 Å². The van der Waals surface area contributed by atoms with Crippen LogP contribution in [-0.2, 0) is 9.59 Å². The number of aryl methyl sites for hydroxylation is 2. The zero-order chi connectivity index (χ0) is 19.8. The molecule has 6 nitrogen and oxygen atoms in total. The van der Waals surface area contributed by atoms with E-state index in [2.05, 4.69) is 26.8 Å². The molecular formula is C20H21BrN2O4. The molecule has 0 aromatic heterocycles. The van der Waals surface area contributed by atoms with Crippen LogP contribution in [0.3, 0.4) is 0 Å². The van der Waals surface area contributed by atoms with Gasteiger partial charge in [0.1, 0.15) is 5.75 Å². The quantitative estimate of drug-likeness (QED) is 0.519. The highest BCUT2D eigenvalue weighted by atomic mass is 79.9. The van der Waals surface area contributed by atoms with E-state index in [0.717, 1.165) is 15.6 Å². The summed E-state index contributed by atoms with van der Waals surface area (Å²) < 4.78 is 6.28. The first kappa shape index (κ1) is 20.6. The Bertz CT molecular complexity index is 814. The predicted molar refractivity (Wildman–Crippen MR) is 105 cm³/mol. The minimum atomic E-state index is -0.484. The van der Waals surface area contributed by atoms with Crippen molar-refractivity contribution in [2.24, 2.45) is 0 Å². The van der Waals surface area contributed by atoms with E-state index in [4.69, 9.17) is 4.74 Å². The number of rotatable bonds is 7. The van der Waals surface area contributed by atoms with Crippen LogP contribution in [0.2, 0.25) is 0 Å². The van der Waals surface area contributed by atoms with Gasteiger partial charge in [0, 0.05) is 22.9 Å². The summed E-state index contributed by atoms with van der Waals surface area (Å²) in [5.41, 5.74) is 7.16. The molecule has 0 bridgehead atoms. The summed E-state index contributed by atoms with van der Waals surface area (Å²) in [6.45, 7) is 3.66. The molecule has 0 heterocycles. The van der Waals surface area contributed by atoms with Gasteiger partial charge in [0.2, 0.25) is 5.91 Å². The van der Waals surface area contributed by atoms with Gasteiger partial charge in [-0.25, -0.2) is 0 Å². The molecule has 7 heteroatoms. The average Bonchev–Trinajstić information content (AvgIpc) is 2.62. The molecule has 0 saturated heterocycles. The highest BCUT2D eigenvalue weighted by Gasteiger charge is 2.10. The molecule has 0 aliphatic heterocycles. The number of ether oxygens (including phenoxy) is 1. The van der Waals surface area contributed by atoms with Crippen LogP contribution in [0, 0.1) is 13.8 Å². The molecule has 2 rings (SSSR count). The smallest absolute Gasteiger partial charge is 0.276 e. The Labute approximate surface area is 166 Å². The highest BCUT2D eigenvalue weighted by Crippen LogP contribution is 2.16. The van der Waals surface area contributed by atoms with Crippen LogP contribution in [0.25, 0.3) is 0 Å². The van der Waals surface area contributed by atoms with Gasteiger partial charge < -0.3 is 4.74 Å². The van der Waals surface area contributed by atoms with Gasteiger partial charge in [-0.3, -0.25) is 25.2 Å². The number of hydrogen-bond donors (Lipinski definition) is 2. The highest BCUT2D eigenvalue weighted by molar-refractivity contribution is 9.10. The number of nitrogens with one attached hydrogen (secondary N) is 2. The molecule has 27 heavy (non-hydrogen) atoms. The zero-order valence-electron chi connectivity index (χ0n) is 15.2. The fraction of sp³-hybridized carbons (Fsp3) is 0.250. The van der Waals surface area contributed by atoms with Gasteiger partial charge in [-0.05, 0) is 49.2 Å². The number of Topliss-reactive ketones (excluding diaryl/α,β-unsaturated/α-hetero) is 1. The Morgan fingerprint density at radius 1 is 0.889 bits per heavy atom. The molecule has 2 aromatic rings. The van der Waals surface area contributed by atoms with E-state index in [0.29, 0.717) is 11.3 Å². The van der Waals surface area contributed by atoms with Crippen LogP contribution in [0.1, 0.15) is 34.3 Å². The second kappa shape index (κ2) is 9.87. The molecule has 0 saturated carbocycles. The molecule has 0 atom stereocenters. The Kier molecular flexibility index (Phi) is 7.55. The maximum absolute atomic E-state index is 12.0. The number of hydrogen-bond acceptors (Lipinski definition) is 4. The van der Waals surface area contributed by atoms with Crippen molar-refractivity contribution >= 4 is 33.5 Å². The van der Waals surface area contributed by atoms with Crippen molar-refractivity contribution in [1.82, 2.24) is 10.9 Å². The third-order valence-corrected chi connectivity index (χ3v) is 4.18. The Morgan fingerprint density at radius 3 is 2.11 bits per heavy atom. The molecule has 2 N–H and O–H groups in total. The number of carbonyl (C=O) groups excluding carboxylic acids is 3. The van der Waals surface area contributed by atoms with E-state index in [1.807, 2.05) is 32.0 Å². The lowest BCUT2D eigenvalue weighted by Crippen LogP contribution is -2.43. The van der Waals surface area contributed by atoms with E-state index < -0.39 is 11.8 Å².